The van der Waals surface area contributed by atoms with Crippen LogP contribution in [-0.4, -0.2) is 28.6 Å². The van der Waals surface area contributed by atoms with E-state index in [9.17, 15) is 19.8 Å². The molecule has 2 saturated carbocycles. The third-order valence-electron chi connectivity index (χ3n) is 5.65. The van der Waals surface area contributed by atoms with Gasteiger partial charge in [-0.15, -0.1) is 0 Å². The van der Waals surface area contributed by atoms with E-state index in [0.717, 1.165) is 18.3 Å². The Morgan fingerprint density at radius 2 is 2.00 bits per heavy atom. The van der Waals surface area contributed by atoms with Gasteiger partial charge in [0, 0.05) is 11.3 Å². The smallest absolute Gasteiger partial charge is 0.332 e. The number of carboxylic acid groups (broad SMARTS) is 1. The number of carbonyl (C=O) groups excluding carboxylic acids is 1. The highest BCUT2D eigenvalue weighted by Gasteiger charge is 2.75. The fraction of sp³-hybridized carbons (Fsp3) is 0.733. The van der Waals surface area contributed by atoms with E-state index in [2.05, 4.69) is 13.8 Å². The number of aliphatic hydroxyl groups excluding tert-OH is 1. The van der Waals surface area contributed by atoms with Crippen molar-refractivity contribution in [1.82, 2.24) is 0 Å². The second-order valence-corrected chi connectivity index (χ2v) is 7.49. The highest BCUT2D eigenvalue weighted by Crippen LogP contribution is 2.74. The van der Waals surface area contributed by atoms with E-state index in [1.807, 2.05) is 6.92 Å². The maximum absolute atomic E-state index is 11.7. The normalized spacial score (nSPS) is 46.5. The van der Waals surface area contributed by atoms with Crippen LogP contribution in [0.5, 0.6) is 0 Å². The van der Waals surface area contributed by atoms with Gasteiger partial charge in [0.1, 0.15) is 6.29 Å². The van der Waals surface area contributed by atoms with Gasteiger partial charge in [0.25, 0.3) is 0 Å². The van der Waals surface area contributed by atoms with Crippen molar-refractivity contribution >= 4 is 12.3 Å². The maximum Gasteiger partial charge on any atom is 0.332 e. The predicted molar refractivity (Wildman–Crippen MR) is 68.4 cm³/mol. The van der Waals surface area contributed by atoms with Gasteiger partial charge in [0.15, 0.2) is 0 Å². The number of fused-ring (bicyclic) bond motifs is 2. The molecular weight excluding hydrogens is 244 g/mol. The van der Waals surface area contributed by atoms with E-state index < -0.39 is 22.9 Å². The van der Waals surface area contributed by atoms with Gasteiger partial charge in [0.05, 0.1) is 17.1 Å². The number of aliphatic carboxylic acids is 1. The number of hydrogen-bond acceptors (Lipinski definition) is 3. The lowest BCUT2D eigenvalue weighted by Crippen LogP contribution is -2.40. The quantitative estimate of drug-likeness (QED) is 0.745. The molecule has 2 N–H and O–H groups in total. The second kappa shape index (κ2) is 3.29. The van der Waals surface area contributed by atoms with Crippen LogP contribution in [0.4, 0.5) is 0 Å². The number of aldehydes is 1. The molecule has 0 unspecified atom stereocenters. The molecule has 104 valence electrons. The van der Waals surface area contributed by atoms with Crippen molar-refractivity contribution < 1.29 is 19.8 Å². The molecule has 0 heterocycles. The number of rotatable bonds is 2. The maximum atomic E-state index is 11.7. The molecule has 0 radical (unpaired) electrons. The first kappa shape index (κ1) is 12.9. The summed E-state index contributed by atoms with van der Waals surface area (Å²) in [5.41, 5.74) is -0.446. The van der Waals surface area contributed by atoms with E-state index in [4.69, 9.17) is 0 Å². The van der Waals surface area contributed by atoms with Crippen molar-refractivity contribution in [2.45, 2.75) is 46.1 Å². The molecule has 3 aliphatic carbocycles. The van der Waals surface area contributed by atoms with Crippen LogP contribution in [0, 0.1) is 22.2 Å². The number of carboxylic acids is 1. The Morgan fingerprint density at radius 3 is 2.53 bits per heavy atom. The third kappa shape index (κ3) is 1.33. The zero-order valence-electron chi connectivity index (χ0n) is 11.6. The monoisotopic (exact) mass is 264 g/mol. The summed E-state index contributed by atoms with van der Waals surface area (Å²) in [6, 6.07) is 0. The van der Waals surface area contributed by atoms with Gasteiger partial charge in [-0.3, -0.25) is 0 Å². The van der Waals surface area contributed by atoms with Crippen molar-refractivity contribution in [1.29, 1.82) is 0 Å². The van der Waals surface area contributed by atoms with E-state index >= 15 is 0 Å². The van der Waals surface area contributed by atoms with Crippen LogP contribution >= 0.6 is 0 Å². The largest absolute Gasteiger partial charge is 0.478 e. The van der Waals surface area contributed by atoms with E-state index in [1.165, 1.54) is 0 Å². The standard InChI is InChI=1S/C15H20O4/c1-13(2)4-8-9(5-13)11(17)14(3)6-15(14,7-16)10(8)12(18)19/h7,9,11,17H,4-6H2,1-3H3,(H,18,19)/t9-,11+,14+,15+/m1/s1. The third-order valence-corrected chi connectivity index (χ3v) is 5.65. The second-order valence-electron chi connectivity index (χ2n) is 7.49. The van der Waals surface area contributed by atoms with E-state index in [1.54, 1.807) is 0 Å². The Hall–Kier alpha value is -1.16. The zero-order valence-corrected chi connectivity index (χ0v) is 11.6. The summed E-state index contributed by atoms with van der Waals surface area (Å²) in [6.07, 6.45) is 2.09. The van der Waals surface area contributed by atoms with Crippen LogP contribution in [0.1, 0.15) is 40.0 Å². The zero-order chi connectivity index (χ0) is 14.2. The fourth-order valence-corrected chi connectivity index (χ4v) is 4.58. The van der Waals surface area contributed by atoms with Crippen LogP contribution in [0.15, 0.2) is 11.1 Å². The molecule has 4 nitrogen and oxygen atoms in total. The Morgan fingerprint density at radius 1 is 1.37 bits per heavy atom. The van der Waals surface area contributed by atoms with Crippen molar-refractivity contribution in [3.63, 3.8) is 0 Å². The average molecular weight is 264 g/mol. The molecule has 3 aliphatic rings. The van der Waals surface area contributed by atoms with E-state index in [-0.39, 0.29) is 16.9 Å². The van der Waals surface area contributed by atoms with Gasteiger partial charge in [-0.25, -0.2) is 4.79 Å². The molecule has 0 aromatic carbocycles. The molecule has 0 saturated heterocycles. The number of aliphatic hydroxyl groups is 1. The molecular formula is C15H20O4. The highest BCUT2D eigenvalue weighted by molar-refractivity contribution is 5.98. The molecule has 2 fully saturated rings. The average Bonchev–Trinajstić information content (AvgIpc) is 2.79. The number of carbonyl (C=O) groups is 2. The summed E-state index contributed by atoms with van der Waals surface area (Å²) in [5.74, 6) is -1.08. The molecule has 0 aliphatic heterocycles. The van der Waals surface area contributed by atoms with Crippen LogP contribution < -0.4 is 0 Å². The highest BCUT2D eigenvalue weighted by atomic mass is 16.4. The molecule has 3 rings (SSSR count). The molecule has 0 spiro atoms. The molecule has 4 heteroatoms. The van der Waals surface area contributed by atoms with Gasteiger partial charge in [-0.05, 0) is 24.7 Å². The van der Waals surface area contributed by atoms with Crippen molar-refractivity contribution in [2.75, 3.05) is 0 Å². The lowest BCUT2D eigenvalue weighted by Gasteiger charge is -2.35. The molecule has 0 amide bonds. The van der Waals surface area contributed by atoms with E-state index in [0.29, 0.717) is 12.8 Å². The summed E-state index contributed by atoms with van der Waals surface area (Å²) >= 11 is 0. The van der Waals surface area contributed by atoms with Crippen molar-refractivity contribution in [2.24, 2.45) is 22.2 Å². The number of hydrogen-bond donors (Lipinski definition) is 2. The van der Waals surface area contributed by atoms with Crippen LogP contribution in [0.3, 0.4) is 0 Å². The van der Waals surface area contributed by atoms with Crippen LogP contribution in [-0.2, 0) is 9.59 Å². The molecule has 19 heavy (non-hydrogen) atoms. The van der Waals surface area contributed by atoms with Gasteiger partial charge < -0.3 is 15.0 Å². The van der Waals surface area contributed by atoms with Gasteiger partial charge in [0.2, 0.25) is 0 Å². The molecule has 0 bridgehead atoms. The molecule has 4 atom stereocenters. The topological polar surface area (TPSA) is 74.6 Å². The van der Waals surface area contributed by atoms with Crippen LogP contribution in [0.25, 0.3) is 0 Å². The van der Waals surface area contributed by atoms with Crippen LogP contribution in [0.2, 0.25) is 0 Å². The first-order valence-corrected chi connectivity index (χ1v) is 6.80. The summed E-state index contributed by atoms with van der Waals surface area (Å²) < 4.78 is 0. The minimum absolute atomic E-state index is 0.00110. The first-order valence-electron chi connectivity index (χ1n) is 6.80. The summed E-state index contributed by atoms with van der Waals surface area (Å²) in [7, 11) is 0. The minimum Gasteiger partial charge on any atom is -0.478 e. The summed E-state index contributed by atoms with van der Waals surface area (Å²) in [4.78, 5) is 23.2. The van der Waals surface area contributed by atoms with Gasteiger partial charge in [-0.1, -0.05) is 26.3 Å². The Bertz CT molecular complexity index is 518. The van der Waals surface area contributed by atoms with Gasteiger partial charge in [-0.2, -0.15) is 0 Å². The fourth-order valence-electron chi connectivity index (χ4n) is 4.58. The van der Waals surface area contributed by atoms with Crippen molar-refractivity contribution in [3.05, 3.63) is 11.1 Å². The summed E-state index contributed by atoms with van der Waals surface area (Å²) in [5, 5.41) is 20.1. The van der Waals surface area contributed by atoms with Crippen molar-refractivity contribution in [3.8, 4) is 0 Å². The Labute approximate surface area is 112 Å². The Balaban J connectivity index is 2.21. The summed E-state index contributed by atoms with van der Waals surface area (Å²) in [6.45, 7) is 6.02. The molecule has 0 aromatic rings. The van der Waals surface area contributed by atoms with Gasteiger partial charge >= 0.3 is 5.97 Å². The lowest BCUT2D eigenvalue weighted by molar-refractivity contribution is -0.135. The lowest BCUT2D eigenvalue weighted by atomic mass is 9.70. The molecule has 0 aromatic heterocycles. The Kier molecular flexibility index (Phi) is 2.23. The minimum atomic E-state index is -0.986. The predicted octanol–water partition coefficient (Wildman–Crippen LogP) is 1.77. The SMILES string of the molecule is CC1(C)CC2=C(C(=O)O)[C@@]3(C=O)C[C@@]3(C)[C@@H](O)[C@@H]2C1. The first-order chi connectivity index (χ1) is 8.68.